The van der Waals surface area contributed by atoms with Crippen molar-refractivity contribution < 1.29 is 14.6 Å². The fourth-order valence-electron chi connectivity index (χ4n) is 3.37. The number of aromatic nitrogens is 2. The van der Waals surface area contributed by atoms with Crippen LogP contribution in [0.2, 0.25) is 0 Å². The summed E-state index contributed by atoms with van der Waals surface area (Å²) in [5, 5.41) is 12.6. The largest absolute Gasteiger partial charge is 0.508 e. The summed E-state index contributed by atoms with van der Waals surface area (Å²) >= 11 is 0. The molecule has 146 valence electrons. The Balaban J connectivity index is 2.33. The number of allylic oxidation sites excluding steroid dienone is 1. The summed E-state index contributed by atoms with van der Waals surface area (Å²) in [5.74, 6) is -0.976. The fourth-order valence-corrected chi connectivity index (χ4v) is 3.37. The van der Waals surface area contributed by atoms with Gasteiger partial charge in [0.15, 0.2) is 0 Å². The molecule has 2 aromatic rings. The van der Waals surface area contributed by atoms with Gasteiger partial charge in [-0.1, -0.05) is 24.8 Å². The van der Waals surface area contributed by atoms with E-state index in [1.165, 1.54) is 29.8 Å². The highest BCUT2D eigenvalue weighted by molar-refractivity contribution is 5.94. The van der Waals surface area contributed by atoms with Crippen LogP contribution in [0.1, 0.15) is 24.0 Å². The molecule has 28 heavy (non-hydrogen) atoms. The highest BCUT2D eigenvalue weighted by Crippen LogP contribution is 2.40. The quantitative estimate of drug-likeness (QED) is 0.610. The molecule has 8 heteroatoms. The third-order valence-corrected chi connectivity index (χ3v) is 4.77. The first-order valence-corrected chi connectivity index (χ1v) is 8.62. The standard InChI is InChI=1S/C20H21N3O5/c1-5-10-28-19(26)14-11(2)21-17-16(18(25)23(4)20(27)22(17)3)15(14)12-6-8-13(24)9-7-12/h5-9,15,21,24H,1,10H2,2-4H3. The maximum Gasteiger partial charge on any atom is 0.337 e. The molecule has 0 fully saturated rings. The van der Waals surface area contributed by atoms with Gasteiger partial charge in [0, 0.05) is 19.8 Å². The van der Waals surface area contributed by atoms with Crippen LogP contribution in [0.3, 0.4) is 0 Å². The van der Waals surface area contributed by atoms with Gasteiger partial charge < -0.3 is 15.2 Å². The maximum atomic E-state index is 13.0. The average molecular weight is 383 g/mol. The van der Waals surface area contributed by atoms with Gasteiger partial charge in [0.1, 0.15) is 18.2 Å². The van der Waals surface area contributed by atoms with Crippen LogP contribution >= 0.6 is 0 Å². The third-order valence-electron chi connectivity index (χ3n) is 4.77. The monoisotopic (exact) mass is 383 g/mol. The van der Waals surface area contributed by atoms with Crippen molar-refractivity contribution in [3.8, 4) is 5.75 Å². The zero-order chi connectivity index (χ0) is 20.6. The predicted octanol–water partition coefficient (Wildman–Crippen LogP) is 1.35. The lowest BCUT2D eigenvalue weighted by molar-refractivity contribution is -0.138. The van der Waals surface area contributed by atoms with E-state index in [0.29, 0.717) is 17.1 Å². The summed E-state index contributed by atoms with van der Waals surface area (Å²) in [7, 11) is 2.94. The Morgan fingerprint density at radius 2 is 1.89 bits per heavy atom. The number of benzene rings is 1. The molecular weight excluding hydrogens is 362 g/mol. The highest BCUT2D eigenvalue weighted by atomic mass is 16.5. The summed E-state index contributed by atoms with van der Waals surface area (Å²) in [6.07, 6.45) is 1.45. The van der Waals surface area contributed by atoms with Gasteiger partial charge in [-0.15, -0.1) is 0 Å². The van der Waals surface area contributed by atoms with Gasteiger partial charge in [-0.3, -0.25) is 13.9 Å². The van der Waals surface area contributed by atoms with E-state index in [2.05, 4.69) is 11.9 Å². The second-order valence-corrected chi connectivity index (χ2v) is 6.54. The van der Waals surface area contributed by atoms with Crippen molar-refractivity contribution in [3.05, 3.63) is 80.2 Å². The van der Waals surface area contributed by atoms with E-state index in [1.807, 2.05) is 0 Å². The Labute approximate surface area is 161 Å². The number of nitrogens with zero attached hydrogens (tertiary/aromatic N) is 2. The SMILES string of the molecule is C=CCOC(=O)C1=C(C)Nc2c(c(=O)n(C)c(=O)n2C)C1c1ccc(O)cc1. The van der Waals surface area contributed by atoms with E-state index in [9.17, 15) is 19.5 Å². The van der Waals surface area contributed by atoms with Crippen LogP contribution in [0.25, 0.3) is 0 Å². The number of rotatable bonds is 4. The van der Waals surface area contributed by atoms with Gasteiger partial charge >= 0.3 is 11.7 Å². The highest BCUT2D eigenvalue weighted by Gasteiger charge is 2.37. The zero-order valence-electron chi connectivity index (χ0n) is 15.9. The Morgan fingerprint density at radius 3 is 2.50 bits per heavy atom. The van der Waals surface area contributed by atoms with Crippen LogP contribution in [0.5, 0.6) is 5.75 Å². The number of phenolic OH excluding ortho intramolecular Hbond substituents is 1. The van der Waals surface area contributed by atoms with Crippen molar-refractivity contribution in [1.29, 1.82) is 0 Å². The van der Waals surface area contributed by atoms with Crippen LogP contribution in [0.4, 0.5) is 5.82 Å². The second-order valence-electron chi connectivity index (χ2n) is 6.54. The van der Waals surface area contributed by atoms with Gasteiger partial charge in [0.05, 0.1) is 17.1 Å². The Hall–Kier alpha value is -3.55. The lowest BCUT2D eigenvalue weighted by Gasteiger charge is -2.30. The number of esters is 1. The van der Waals surface area contributed by atoms with Crippen LogP contribution in [-0.4, -0.2) is 26.8 Å². The van der Waals surface area contributed by atoms with Gasteiger partial charge in [-0.05, 0) is 24.6 Å². The number of fused-ring (bicyclic) bond motifs is 1. The van der Waals surface area contributed by atoms with Crippen molar-refractivity contribution >= 4 is 11.8 Å². The second kappa shape index (κ2) is 7.22. The summed E-state index contributed by atoms with van der Waals surface area (Å²) in [5.41, 5.74) is 0.614. The van der Waals surface area contributed by atoms with E-state index >= 15 is 0 Å². The molecule has 2 heterocycles. The molecule has 3 rings (SSSR count). The van der Waals surface area contributed by atoms with Crippen LogP contribution in [0, 0.1) is 0 Å². The minimum Gasteiger partial charge on any atom is -0.508 e. The van der Waals surface area contributed by atoms with Crippen LogP contribution < -0.4 is 16.6 Å². The number of carbonyl (C=O) groups excluding carboxylic acids is 1. The van der Waals surface area contributed by atoms with E-state index < -0.39 is 23.1 Å². The molecule has 1 atom stereocenters. The van der Waals surface area contributed by atoms with E-state index in [-0.39, 0.29) is 23.5 Å². The van der Waals surface area contributed by atoms with Gasteiger partial charge in [0.25, 0.3) is 5.56 Å². The van der Waals surface area contributed by atoms with Crippen LogP contribution in [0.15, 0.2) is 57.8 Å². The number of aromatic hydroxyl groups is 1. The minimum absolute atomic E-state index is 0.0239. The van der Waals surface area contributed by atoms with E-state index in [0.717, 1.165) is 4.57 Å². The topological polar surface area (TPSA) is 103 Å². The zero-order valence-corrected chi connectivity index (χ0v) is 15.9. The summed E-state index contributed by atoms with van der Waals surface area (Å²) in [6.45, 7) is 5.25. The predicted molar refractivity (Wildman–Crippen MR) is 104 cm³/mol. The lowest BCUT2D eigenvalue weighted by Crippen LogP contribution is -2.43. The van der Waals surface area contributed by atoms with Crippen molar-refractivity contribution in [2.24, 2.45) is 14.1 Å². The smallest absolute Gasteiger partial charge is 0.337 e. The number of hydrogen-bond acceptors (Lipinski definition) is 6. The lowest BCUT2D eigenvalue weighted by atomic mass is 9.82. The molecule has 0 saturated heterocycles. The molecule has 0 bridgehead atoms. The van der Waals surface area contributed by atoms with Gasteiger partial charge in [-0.2, -0.15) is 0 Å². The van der Waals surface area contributed by atoms with Crippen molar-refractivity contribution in [3.63, 3.8) is 0 Å². The molecule has 1 aromatic heterocycles. The average Bonchev–Trinajstić information content (AvgIpc) is 2.68. The number of anilines is 1. The molecule has 0 aliphatic carbocycles. The first-order chi connectivity index (χ1) is 13.3. The van der Waals surface area contributed by atoms with Crippen molar-refractivity contribution in [1.82, 2.24) is 9.13 Å². The van der Waals surface area contributed by atoms with Gasteiger partial charge in [0.2, 0.25) is 0 Å². The third kappa shape index (κ3) is 3.02. The molecule has 1 unspecified atom stereocenters. The first kappa shape index (κ1) is 19.2. The van der Waals surface area contributed by atoms with Crippen molar-refractivity contribution in [2.75, 3.05) is 11.9 Å². The Morgan fingerprint density at radius 1 is 1.25 bits per heavy atom. The molecule has 8 nitrogen and oxygen atoms in total. The summed E-state index contributed by atoms with van der Waals surface area (Å²) < 4.78 is 7.57. The van der Waals surface area contributed by atoms with E-state index in [1.54, 1.807) is 26.1 Å². The minimum atomic E-state index is -0.764. The molecule has 2 N–H and O–H groups in total. The Kier molecular flexibility index (Phi) is 4.96. The fraction of sp³-hybridized carbons (Fsp3) is 0.250. The molecule has 0 radical (unpaired) electrons. The summed E-state index contributed by atoms with van der Waals surface area (Å²) in [6, 6.07) is 6.22. The first-order valence-electron chi connectivity index (χ1n) is 8.62. The number of nitrogens with one attached hydrogen (secondary N) is 1. The molecule has 1 aliphatic rings. The number of hydrogen-bond donors (Lipinski definition) is 2. The molecule has 1 aromatic carbocycles. The molecule has 0 saturated carbocycles. The number of ether oxygens (including phenoxy) is 1. The maximum absolute atomic E-state index is 13.0. The van der Waals surface area contributed by atoms with Crippen molar-refractivity contribution in [2.45, 2.75) is 12.8 Å². The van der Waals surface area contributed by atoms with E-state index in [4.69, 9.17) is 4.74 Å². The number of carbonyl (C=O) groups is 1. The molecule has 0 amide bonds. The molecular formula is C20H21N3O5. The number of phenols is 1. The normalized spacial score (nSPS) is 15.6. The van der Waals surface area contributed by atoms with Gasteiger partial charge in [-0.25, -0.2) is 9.59 Å². The van der Waals surface area contributed by atoms with Crippen LogP contribution in [-0.2, 0) is 23.6 Å². The molecule has 0 spiro atoms. The summed E-state index contributed by atoms with van der Waals surface area (Å²) in [4.78, 5) is 38.1. The Bertz CT molecular complexity index is 1110. The molecule has 1 aliphatic heterocycles.